The van der Waals surface area contributed by atoms with Gasteiger partial charge in [0.25, 0.3) is 0 Å². The van der Waals surface area contributed by atoms with E-state index in [2.05, 4.69) is 47.5 Å². The molecular formula is C31H40N2O2. The van der Waals surface area contributed by atoms with Crippen LogP contribution in [0.4, 0.5) is 0 Å². The quantitative estimate of drug-likeness (QED) is 0.420. The summed E-state index contributed by atoms with van der Waals surface area (Å²) in [5, 5.41) is 0. The highest BCUT2D eigenvalue weighted by molar-refractivity contribution is 6.05. The second-order valence-corrected chi connectivity index (χ2v) is 9.93. The Morgan fingerprint density at radius 3 is 2.94 bits per heavy atom. The first-order chi connectivity index (χ1) is 17.2. The van der Waals surface area contributed by atoms with Crippen LogP contribution < -0.4 is 4.74 Å². The molecule has 5 rings (SSSR count). The van der Waals surface area contributed by atoms with Crippen molar-refractivity contribution in [3.8, 4) is 5.88 Å². The number of rotatable bonds is 7. The molecule has 2 unspecified atom stereocenters. The molecule has 0 spiro atoms. The lowest BCUT2D eigenvalue weighted by atomic mass is 9.73. The summed E-state index contributed by atoms with van der Waals surface area (Å²) in [6.07, 6.45) is 19.4. The molecular weight excluding hydrogens is 432 g/mol. The standard InChI is InChI=1S/C31H34N2O2.3H2/c1-35-31-27(14-7-17-33-31)21-28(34)19-22-8-4-10-24(18-22)25-11-5-12-26(20-25)30-29-15-3-2-9-23(29)13-6-16-32-30;;;/h3-4,6-8,10,14-18,25-26H,2,5,9,11-13,19-21H2,1H3;3*1H. The fourth-order valence-corrected chi connectivity index (χ4v) is 5.86. The molecule has 2 aromatic rings. The van der Waals surface area contributed by atoms with Gasteiger partial charge in [0.1, 0.15) is 5.78 Å². The zero-order valence-electron chi connectivity index (χ0n) is 20.6. The molecule has 4 heteroatoms. The highest BCUT2D eigenvalue weighted by atomic mass is 16.5. The van der Waals surface area contributed by atoms with Crippen molar-refractivity contribution < 1.29 is 13.8 Å². The Labute approximate surface area is 213 Å². The molecule has 1 aromatic carbocycles. The van der Waals surface area contributed by atoms with E-state index in [0.717, 1.165) is 36.8 Å². The number of ether oxygens (including phenoxy) is 1. The average molecular weight is 473 g/mol. The number of hydrogen-bond donors (Lipinski definition) is 0. The van der Waals surface area contributed by atoms with E-state index in [1.54, 1.807) is 18.9 Å². The Morgan fingerprint density at radius 1 is 1.11 bits per heavy atom. The van der Waals surface area contributed by atoms with Crippen molar-refractivity contribution in [3.63, 3.8) is 0 Å². The summed E-state index contributed by atoms with van der Waals surface area (Å²) in [7, 11) is 1.59. The van der Waals surface area contributed by atoms with Crippen LogP contribution in [0.3, 0.4) is 0 Å². The lowest BCUT2D eigenvalue weighted by molar-refractivity contribution is -0.117. The number of allylic oxidation sites excluding steroid dienone is 5. The van der Waals surface area contributed by atoms with Gasteiger partial charge in [-0.1, -0.05) is 60.6 Å². The predicted octanol–water partition coefficient (Wildman–Crippen LogP) is 7.46. The van der Waals surface area contributed by atoms with E-state index >= 15 is 0 Å². The highest BCUT2D eigenvalue weighted by Crippen LogP contribution is 2.40. The van der Waals surface area contributed by atoms with E-state index in [4.69, 9.17) is 9.73 Å². The molecule has 0 amide bonds. The number of ketones is 1. The largest absolute Gasteiger partial charge is 0.481 e. The first kappa shape index (κ1) is 23.5. The molecule has 0 N–H and O–H groups in total. The summed E-state index contributed by atoms with van der Waals surface area (Å²) in [4.78, 5) is 22.0. The summed E-state index contributed by atoms with van der Waals surface area (Å²) in [6.45, 7) is 0. The zero-order chi connectivity index (χ0) is 24.0. The molecule has 0 radical (unpaired) electrons. The third kappa shape index (κ3) is 5.53. The molecule has 1 saturated carbocycles. The van der Waals surface area contributed by atoms with Crippen molar-refractivity contribution in [1.82, 2.24) is 4.98 Å². The van der Waals surface area contributed by atoms with Gasteiger partial charge in [-0.05, 0) is 67.2 Å². The van der Waals surface area contributed by atoms with Crippen LogP contribution in [0.15, 0.2) is 83.2 Å². The van der Waals surface area contributed by atoms with E-state index in [1.807, 2.05) is 18.3 Å². The van der Waals surface area contributed by atoms with E-state index in [1.165, 1.54) is 36.1 Å². The summed E-state index contributed by atoms with van der Waals surface area (Å²) in [5.74, 6) is 1.71. The third-order valence-electron chi connectivity index (χ3n) is 7.55. The number of aliphatic imine (C=N–C) groups is 1. The Bertz CT molecular complexity index is 1220. The highest BCUT2D eigenvalue weighted by Gasteiger charge is 2.29. The van der Waals surface area contributed by atoms with Crippen LogP contribution >= 0.6 is 0 Å². The molecule has 186 valence electrons. The van der Waals surface area contributed by atoms with Gasteiger partial charge < -0.3 is 4.74 Å². The number of methoxy groups -OCH3 is 1. The third-order valence-corrected chi connectivity index (χ3v) is 7.55. The maximum atomic E-state index is 12.8. The molecule has 0 saturated heterocycles. The lowest BCUT2D eigenvalue weighted by Crippen LogP contribution is -2.24. The predicted molar refractivity (Wildman–Crippen MR) is 147 cm³/mol. The number of pyridine rings is 1. The Balaban J connectivity index is 0.00000169. The zero-order valence-corrected chi connectivity index (χ0v) is 20.6. The maximum Gasteiger partial charge on any atom is 0.216 e. The summed E-state index contributed by atoms with van der Waals surface area (Å²) in [6, 6.07) is 12.4. The lowest BCUT2D eigenvalue weighted by Gasteiger charge is -2.32. The SMILES string of the molecule is COc1ncccc1CC(=O)Cc1cccc(C2CCCC(C3=NC=CCC4=C3C=CCC4)C2)c1.[HH].[HH].[HH]. The van der Waals surface area contributed by atoms with Crippen LogP contribution in [-0.4, -0.2) is 23.6 Å². The normalized spacial score (nSPS) is 21.8. The number of hydrogen-bond acceptors (Lipinski definition) is 4. The van der Waals surface area contributed by atoms with Gasteiger partial charge in [-0.25, -0.2) is 4.98 Å². The first-order valence-electron chi connectivity index (χ1n) is 12.9. The van der Waals surface area contributed by atoms with Gasteiger partial charge in [-0.15, -0.1) is 0 Å². The second kappa shape index (κ2) is 11.0. The molecule has 2 heterocycles. The van der Waals surface area contributed by atoms with Gasteiger partial charge in [0.2, 0.25) is 5.88 Å². The molecule has 35 heavy (non-hydrogen) atoms. The van der Waals surface area contributed by atoms with Crippen LogP contribution in [0.25, 0.3) is 0 Å². The van der Waals surface area contributed by atoms with Gasteiger partial charge in [-0.3, -0.25) is 9.79 Å². The molecule has 1 fully saturated rings. The molecule has 2 atom stereocenters. The van der Waals surface area contributed by atoms with Crippen molar-refractivity contribution in [3.05, 3.63) is 94.9 Å². The average Bonchev–Trinajstić information content (AvgIpc) is 3.12. The maximum absolute atomic E-state index is 12.8. The van der Waals surface area contributed by atoms with Crippen molar-refractivity contribution in [2.24, 2.45) is 10.9 Å². The van der Waals surface area contributed by atoms with E-state index in [0.29, 0.717) is 30.6 Å². The molecule has 1 aliphatic heterocycles. The van der Waals surface area contributed by atoms with Crippen molar-refractivity contribution >= 4 is 11.5 Å². The minimum Gasteiger partial charge on any atom is -0.481 e. The van der Waals surface area contributed by atoms with Gasteiger partial charge in [-0.2, -0.15) is 0 Å². The fraction of sp³-hybridized carbons (Fsp3) is 0.387. The summed E-state index contributed by atoms with van der Waals surface area (Å²) >= 11 is 0. The van der Waals surface area contributed by atoms with Gasteiger partial charge >= 0.3 is 0 Å². The number of nitrogens with zero attached hydrogens (tertiary/aromatic N) is 2. The molecule has 3 aliphatic rings. The smallest absolute Gasteiger partial charge is 0.216 e. The number of aromatic nitrogens is 1. The van der Waals surface area contributed by atoms with Crippen LogP contribution in [-0.2, 0) is 17.6 Å². The molecule has 0 bridgehead atoms. The van der Waals surface area contributed by atoms with E-state index in [-0.39, 0.29) is 10.1 Å². The van der Waals surface area contributed by atoms with Crippen molar-refractivity contribution in [2.75, 3.05) is 7.11 Å². The second-order valence-electron chi connectivity index (χ2n) is 9.93. The Hall–Kier alpha value is -3.27. The Morgan fingerprint density at radius 2 is 2.03 bits per heavy atom. The number of benzene rings is 1. The molecule has 2 aliphatic carbocycles. The number of carbonyl (C=O) groups is 1. The fourth-order valence-electron chi connectivity index (χ4n) is 5.86. The van der Waals surface area contributed by atoms with Gasteiger partial charge in [0.05, 0.1) is 12.8 Å². The number of Topliss-reactive ketones (excluding diaryl/α,β-unsaturated/α-hetero) is 1. The van der Waals surface area contributed by atoms with Crippen LogP contribution in [0, 0.1) is 5.92 Å². The topological polar surface area (TPSA) is 51.5 Å². The van der Waals surface area contributed by atoms with Crippen LogP contribution in [0.1, 0.15) is 71.8 Å². The Kier molecular flexibility index (Phi) is 7.37. The monoisotopic (exact) mass is 472 g/mol. The summed E-state index contributed by atoms with van der Waals surface area (Å²) in [5.41, 5.74) is 7.54. The minimum absolute atomic E-state index is 0. The van der Waals surface area contributed by atoms with Gasteiger partial charge in [0, 0.05) is 41.0 Å². The van der Waals surface area contributed by atoms with E-state index < -0.39 is 0 Å². The number of carbonyl (C=O) groups excluding carboxylic acids is 1. The molecule has 4 nitrogen and oxygen atoms in total. The van der Waals surface area contributed by atoms with Crippen LogP contribution in [0.5, 0.6) is 5.88 Å². The van der Waals surface area contributed by atoms with E-state index in [9.17, 15) is 4.79 Å². The van der Waals surface area contributed by atoms with Crippen molar-refractivity contribution in [2.45, 2.75) is 63.7 Å². The van der Waals surface area contributed by atoms with Crippen LogP contribution in [0.2, 0.25) is 0 Å². The minimum atomic E-state index is 0. The van der Waals surface area contributed by atoms with Crippen molar-refractivity contribution in [1.29, 1.82) is 0 Å². The van der Waals surface area contributed by atoms with Gasteiger partial charge in [0.15, 0.2) is 0 Å². The summed E-state index contributed by atoms with van der Waals surface area (Å²) < 4.78 is 5.31. The molecule has 1 aromatic heterocycles. The first-order valence-corrected chi connectivity index (χ1v) is 12.9.